The van der Waals surface area contributed by atoms with Crippen molar-refractivity contribution in [3.63, 3.8) is 0 Å². The number of halogens is 6. The highest BCUT2D eigenvalue weighted by atomic mass is 19.4. The fourth-order valence-corrected chi connectivity index (χ4v) is 5.09. The van der Waals surface area contributed by atoms with Gasteiger partial charge in [0, 0.05) is 17.8 Å². The van der Waals surface area contributed by atoms with Gasteiger partial charge in [0.15, 0.2) is 0 Å². The van der Waals surface area contributed by atoms with Gasteiger partial charge in [-0.05, 0) is 67.0 Å². The summed E-state index contributed by atoms with van der Waals surface area (Å²) in [7, 11) is 0. The molecule has 1 fully saturated rings. The van der Waals surface area contributed by atoms with Crippen molar-refractivity contribution in [2.24, 2.45) is 11.3 Å². The summed E-state index contributed by atoms with van der Waals surface area (Å²) < 4.78 is 85.8. The van der Waals surface area contributed by atoms with Gasteiger partial charge in [0.05, 0.1) is 11.0 Å². The van der Waals surface area contributed by atoms with E-state index in [1.54, 1.807) is 0 Å². The molecule has 0 saturated heterocycles. The van der Waals surface area contributed by atoms with Crippen LogP contribution in [0.3, 0.4) is 0 Å². The molecule has 0 spiro atoms. The first-order valence-corrected chi connectivity index (χ1v) is 11.1. The van der Waals surface area contributed by atoms with E-state index < -0.39 is 12.7 Å². The number of nitrogens with zero attached hydrogens (tertiary/aromatic N) is 2. The van der Waals surface area contributed by atoms with E-state index in [1.807, 2.05) is 4.57 Å². The number of anilines is 2. The van der Waals surface area contributed by atoms with Crippen LogP contribution < -0.4 is 14.8 Å². The van der Waals surface area contributed by atoms with Crippen molar-refractivity contribution in [2.75, 3.05) is 5.32 Å². The number of fused-ring (bicyclic) bond motifs is 1. The first kappa shape index (κ1) is 25.0. The van der Waals surface area contributed by atoms with Crippen LogP contribution in [0.2, 0.25) is 0 Å². The predicted octanol–water partition coefficient (Wildman–Crippen LogP) is 7.96. The molecule has 1 heterocycles. The molecule has 1 saturated carbocycles. The number of alkyl halides is 6. The molecule has 11 heteroatoms. The average molecular weight is 501 g/mol. The van der Waals surface area contributed by atoms with E-state index in [4.69, 9.17) is 0 Å². The van der Waals surface area contributed by atoms with Gasteiger partial charge in [-0.15, -0.1) is 26.3 Å². The molecular weight excluding hydrogens is 476 g/mol. The van der Waals surface area contributed by atoms with Gasteiger partial charge in [0.2, 0.25) is 5.95 Å². The van der Waals surface area contributed by atoms with Crippen LogP contribution in [0.25, 0.3) is 11.0 Å². The zero-order valence-electron chi connectivity index (χ0n) is 19.3. The van der Waals surface area contributed by atoms with Crippen LogP contribution in [0.5, 0.6) is 11.5 Å². The fraction of sp³-hybridized carbons (Fsp3) is 0.458. The van der Waals surface area contributed by atoms with Crippen LogP contribution in [0.15, 0.2) is 42.5 Å². The normalized spacial score (nSPS) is 20.6. The maximum atomic E-state index is 12.8. The molecule has 4 rings (SSSR count). The van der Waals surface area contributed by atoms with Gasteiger partial charge in [-0.1, -0.05) is 20.8 Å². The van der Waals surface area contributed by atoms with Gasteiger partial charge in [-0.25, -0.2) is 4.98 Å². The van der Waals surface area contributed by atoms with Crippen LogP contribution in [-0.2, 0) is 0 Å². The molecule has 2 atom stereocenters. The summed E-state index contributed by atoms with van der Waals surface area (Å²) in [5.74, 6) is 0.0360. The summed E-state index contributed by atoms with van der Waals surface area (Å²) in [6, 6.07) is 9.08. The van der Waals surface area contributed by atoms with E-state index in [0.29, 0.717) is 28.6 Å². The molecule has 0 unspecified atom stereocenters. The van der Waals surface area contributed by atoms with E-state index in [2.05, 4.69) is 40.5 Å². The zero-order chi connectivity index (χ0) is 25.6. The number of nitrogens with one attached hydrogen (secondary N) is 1. The third-order valence-corrected chi connectivity index (χ3v) is 5.97. The molecule has 190 valence electrons. The smallest absolute Gasteiger partial charge is 0.406 e. The second kappa shape index (κ2) is 8.83. The Morgan fingerprint density at radius 2 is 1.51 bits per heavy atom. The Morgan fingerprint density at radius 3 is 2.11 bits per heavy atom. The Labute approximate surface area is 198 Å². The number of imidazole rings is 1. The van der Waals surface area contributed by atoms with Gasteiger partial charge in [0.25, 0.3) is 0 Å². The van der Waals surface area contributed by atoms with Crippen molar-refractivity contribution in [3.8, 4) is 11.5 Å². The third kappa shape index (κ3) is 6.32. The van der Waals surface area contributed by atoms with Crippen LogP contribution >= 0.6 is 0 Å². The monoisotopic (exact) mass is 501 g/mol. The molecule has 5 nitrogen and oxygen atoms in total. The van der Waals surface area contributed by atoms with Crippen molar-refractivity contribution in [2.45, 2.75) is 58.8 Å². The van der Waals surface area contributed by atoms with Gasteiger partial charge >= 0.3 is 12.7 Å². The van der Waals surface area contributed by atoms with E-state index >= 15 is 0 Å². The van der Waals surface area contributed by atoms with Gasteiger partial charge in [-0.3, -0.25) is 0 Å². The van der Waals surface area contributed by atoms with Crippen molar-refractivity contribution < 1.29 is 35.8 Å². The Balaban J connectivity index is 1.73. The average Bonchev–Trinajstić information content (AvgIpc) is 3.02. The van der Waals surface area contributed by atoms with Gasteiger partial charge < -0.3 is 19.4 Å². The molecule has 0 aliphatic heterocycles. The Morgan fingerprint density at radius 1 is 0.914 bits per heavy atom. The lowest BCUT2D eigenvalue weighted by molar-refractivity contribution is -0.275. The molecule has 3 aromatic rings. The van der Waals surface area contributed by atoms with Crippen LogP contribution in [-0.4, -0.2) is 22.3 Å². The largest absolute Gasteiger partial charge is 0.573 e. The molecular formula is C24H25F6N3O2. The zero-order valence-corrected chi connectivity index (χ0v) is 19.3. The lowest BCUT2D eigenvalue weighted by Crippen LogP contribution is -2.29. The van der Waals surface area contributed by atoms with E-state index in [1.165, 1.54) is 42.5 Å². The first-order chi connectivity index (χ1) is 16.2. The highest BCUT2D eigenvalue weighted by Gasteiger charge is 2.36. The van der Waals surface area contributed by atoms with E-state index in [-0.39, 0.29) is 23.0 Å². The third-order valence-electron chi connectivity index (χ3n) is 5.97. The molecule has 1 N–H and O–H groups in total. The molecule has 1 aliphatic rings. The number of ether oxygens (including phenoxy) is 2. The maximum Gasteiger partial charge on any atom is 0.573 e. The van der Waals surface area contributed by atoms with Gasteiger partial charge in [0.1, 0.15) is 11.5 Å². The van der Waals surface area contributed by atoms with Crippen molar-refractivity contribution >= 4 is 22.7 Å². The molecule has 35 heavy (non-hydrogen) atoms. The maximum absolute atomic E-state index is 12.8. The van der Waals surface area contributed by atoms with E-state index in [0.717, 1.165) is 19.3 Å². The molecule has 2 aromatic carbocycles. The first-order valence-electron chi connectivity index (χ1n) is 11.1. The second-order valence-electron chi connectivity index (χ2n) is 9.77. The Hall–Kier alpha value is -3.11. The molecule has 0 radical (unpaired) electrons. The number of rotatable bonds is 5. The number of aromatic nitrogens is 2. The minimum Gasteiger partial charge on any atom is -0.406 e. The van der Waals surface area contributed by atoms with Crippen LogP contribution in [0.4, 0.5) is 38.0 Å². The van der Waals surface area contributed by atoms with E-state index in [9.17, 15) is 26.3 Å². The highest BCUT2D eigenvalue weighted by molar-refractivity contribution is 5.81. The summed E-state index contributed by atoms with van der Waals surface area (Å²) in [4.78, 5) is 4.58. The fourth-order valence-electron chi connectivity index (χ4n) is 5.09. The van der Waals surface area contributed by atoms with Crippen molar-refractivity contribution in [1.29, 1.82) is 0 Å². The minimum atomic E-state index is -4.83. The summed E-state index contributed by atoms with van der Waals surface area (Å²) in [5, 5.41) is 3.11. The second-order valence-corrected chi connectivity index (χ2v) is 9.77. The SMILES string of the molecule is C[C@@H]1C[C@H](n2c(Nc3ccc(OC(F)(F)F)cc3)nc3ccc(OC(F)(F)F)cc32)CC(C)(C)C1. The standard InChI is InChI=1S/C24H25F6N3O2/c1-14-10-16(13-22(2,3)12-14)33-20-11-18(35-24(28,29)30)8-9-19(20)32-21(33)31-15-4-6-17(7-5-15)34-23(25,26)27/h4-9,11,14,16H,10,12-13H2,1-3H3,(H,31,32)/t14-,16+/m1/s1. The molecule has 1 aromatic heterocycles. The lowest BCUT2D eigenvalue weighted by Gasteiger charge is -2.40. The minimum absolute atomic E-state index is 0.00680. The Bertz CT molecular complexity index is 1180. The topological polar surface area (TPSA) is 48.3 Å². The summed E-state index contributed by atoms with van der Waals surface area (Å²) in [6.07, 6.45) is -7.04. The number of benzene rings is 2. The van der Waals surface area contributed by atoms with Crippen molar-refractivity contribution in [3.05, 3.63) is 42.5 Å². The summed E-state index contributed by atoms with van der Waals surface area (Å²) >= 11 is 0. The number of hydrogen-bond acceptors (Lipinski definition) is 4. The highest BCUT2D eigenvalue weighted by Crippen LogP contribution is 2.46. The van der Waals surface area contributed by atoms with Gasteiger partial charge in [-0.2, -0.15) is 0 Å². The summed E-state index contributed by atoms with van der Waals surface area (Å²) in [6.45, 7) is 6.44. The predicted molar refractivity (Wildman–Crippen MR) is 119 cm³/mol. The summed E-state index contributed by atoms with van der Waals surface area (Å²) in [5.41, 5.74) is 1.40. The quantitative estimate of drug-likeness (QED) is 0.360. The van der Waals surface area contributed by atoms with Crippen LogP contribution in [0, 0.1) is 11.3 Å². The molecule has 0 bridgehead atoms. The molecule has 1 aliphatic carbocycles. The Kier molecular flexibility index (Phi) is 6.31. The van der Waals surface area contributed by atoms with Crippen molar-refractivity contribution in [1.82, 2.24) is 9.55 Å². The number of hydrogen-bond donors (Lipinski definition) is 1. The lowest BCUT2D eigenvalue weighted by atomic mass is 9.70. The molecule has 0 amide bonds. The van der Waals surface area contributed by atoms with Crippen LogP contribution in [0.1, 0.15) is 46.1 Å².